The number of carbonyl (C=O) groups excluding carboxylic acids is 2. The molecule has 10 heteroatoms. The van der Waals surface area contributed by atoms with E-state index in [1.807, 2.05) is 6.07 Å². The van der Waals surface area contributed by atoms with Gasteiger partial charge in [-0.1, -0.05) is 12.1 Å². The molecule has 2 aromatic rings. The lowest BCUT2D eigenvalue weighted by molar-refractivity contribution is -0.384. The number of phenolic OH excluding ortho intramolecular Hbond substituents is 1. The molecule has 0 unspecified atom stereocenters. The Labute approximate surface area is 162 Å². The van der Waals surface area contributed by atoms with E-state index in [4.69, 9.17) is 0 Å². The maximum absolute atomic E-state index is 11.9. The van der Waals surface area contributed by atoms with Gasteiger partial charge in [0, 0.05) is 35.0 Å². The van der Waals surface area contributed by atoms with E-state index in [1.165, 1.54) is 0 Å². The summed E-state index contributed by atoms with van der Waals surface area (Å²) in [5, 5.41) is 26.7. The van der Waals surface area contributed by atoms with Gasteiger partial charge in [-0.2, -0.15) is 5.10 Å². The van der Waals surface area contributed by atoms with Crippen molar-refractivity contribution in [2.45, 2.75) is 12.8 Å². The highest BCUT2D eigenvalue weighted by Gasteiger charge is 2.10. The van der Waals surface area contributed by atoms with E-state index in [2.05, 4.69) is 31.8 Å². The van der Waals surface area contributed by atoms with Gasteiger partial charge in [-0.15, -0.1) is 0 Å². The predicted octanol–water partition coefficient (Wildman–Crippen LogP) is 2.93. The number of amides is 2. The summed E-state index contributed by atoms with van der Waals surface area (Å²) in [4.78, 5) is 33.7. The SMILES string of the molecule is O=C(CCC(=O)Nc1ccccc1Br)N/N=C\c1cc([N+](=O)[O-])ccc1O. The third-order valence-electron chi connectivity index (χ3n) is 3.34. The van der Waals surface area contributed by atoms with Crippen molar-refractivity contribution in [2.24, 2.45) is 5.10 Å². The van der Waals surface area contributed by atoms with Crippen molar-refractivity contribution in [1.29, 1.82) is 0 Å². The lowest BCUT2D eigenvalue weighted by Gasteiger charge is -2.06. The van der Waals surface area contributed by atoms with Crippen LogP contribution in [0.5, 0.6) is 5.75 Å². The Kier molecular flexibility index (Phi) is 7.00. The van der Waals surface area contributed by atoms with Crippen LogP contribution in [-0.4, -0.2) is 28.1 Å². The number of rotatable bonds is 7. The Morgan fingerprint density at radius 2 is 1.89 bits per heavy atom. The molecule has 27 heavy (non-hydrogen) atoms. The zero-order valence-electron chi connectivity index (χ0n) is 13.9. The third kappa shape index (κ3) is 6.19. The molecule has 0 aliphatic carbocycles. The molecule has 0 spiro atoms. The van der Waals surface area contributed by atoms with E-state index in [9.17, 15) is 24.8 Å². The summed E-state index contributed by atoms with van der Waals surface area (Å²) in [6.07, 6.45) is 0.931. The molecule has 3 N–H and O–H groups in total. The Bertz CT molecular complexity index is 901. The van der Waals surface area contributed by atoms with E-state index >= 15 is 0 Å². The summed E-state index contributed by atoms with van der Waals surface area (Å²) in [5.74, 6) is -1.07. The molecular formula is C17H15BrN4O5. The molecule has 0 heterocycles. The predicted molar refractivity (Wildman–Crippen MR) is 103 cm³/mol. The molecule has 9 nitrogen and oxygen atoms in total. The average molecular weight is 435 g/mol. The van der Waals surface area contributed by atoms with Crippen molar-refractivity contribution in [2.75, 3.05) is 5.32 Å². The summed E-state index contributed by atoms with van der Waals surface area (Å²) in [7, 11) is 0. The molecule has 0 fully saturated rings. The molecule has 0 aliphatic rings. The molecular weight excluding hydrogens is 420 g/mol. The van der Waals surface area contributed by atoms with E-state index in [1.54, 1.807) is 18.2 Å². The molecule has 2 rings (SSSR count). The Hall–Kier alpha value is -3.27. The monoisotopic (exact) mass is 434 g/mol. The maximum Gasteiger partial charge on any atom is 0.270 e. The first-order valence-corrected chi connectivity index (χ1v) is 8.50. The molecule has 2 aromatic carbocycles. The van der Waals surface area contributed by atoms with Crippen LogP contribution >= 0.6 is 15.9 Å². The van der Waals surface area contributed by atoms with Gasteiger partial charge in [-0.25, -0.2) is 5.43 Å². The quantitative estimate of drug-likeness (QED) is 0.349. The minimum absolute atomic E-state index is 0.0508. The number of nitro benzene ring substituents is 1. The van der Waals surface area contributed by atoms with Crippen LogP contribution < -0.4 is 10.7 Å². The van der Waals surface area contributed by atoms with E-state index < -0.39 is 10.8 Å². The number of hydrogen-bond acceptors (Lipinski definition) is 6. The van der Waals surface area contributed by atoms with Crippen LogP contribution in [-0.2, 0) is 9.59 Å². The highest BCUT2D eigenvalue weighted by molar-refractivity contribution is 9.10. The molecule has 2 amide bonds. The summed E-state index contributed by atoms with van der Waals surface area (Å²) >= 11 is 3.31. The fourth-order valence-corrected chi connectivity index (χ4v) is 2.37. The van der Waals surface area contributed by atoms with Gasteiger partial charge in [0.2, 0.25) is 11.8 Å². The second-order valence-electron chi connectivity index (χ2n) is 5.32. The number of nitrogens with zero attached hydrogens (tertiary/aromatic N) is 2. The number of nitrogens with one attached hydrogen (secondary N) is 2. The molecule has 0 aliphatic heterocycles. The number of halogens is 1. The van der Waals surface area contributed by atoms with Crippen LogP contribution in [0.1, 0.15) is 18.4 Å². The number of carbonyl (C=O) groups is 2. The second kappa shape index (κ2) is 9.43. The van der Waals surface area contributed by atoms with Crippen LogP contribution in [0.3, 0.4) is 0 Å². The van der Waals surface area contributed by atoms with Gasteiger partial charge in [-0.05, 0) is 34.1 Å². The number of hydrazone groups is 1. The summed E-state index contributed by atoms with van der Waals surface area (Å²) in [6, 6.07) is 10.5. The highest BCUT2D eigenvalue weighted by atomic mass is 79.9. The summed E-state index contributed by atoms with van der Waals surface area (Å²) in [6.45, 7) is 0. The molecule has 140 valence electrons. The first kappa shape index (κ1) is 20.0. The molecule has 0 saturated carbocycles. The number of para-hydroxylation sites is 1. The van der Waals surface area contributed by atoms with Crippen LogP contribution in [0.25, 0.3) is 0 Å². The fourth-order valence-electron chi connectivity index (χ4n) is 1.99. The minimum atomic E-state index is -0.612. The van der Waals surface area contributed by atoms with Crippen LogP contribution in [0.4, 0.5) is 11.4 Å². The minimum Gasteiger partial charge on any atom is -0.507 e. The molecule has 0 aromatic heterocycles. The number of hydrogen-bond donors (Lipinski definition) is 3. The number of benzene rings is 2. The standard InChI is InChI=1S/C17H15BrN4O5/c18-13-3-1-2-4-14(13)20-16(24)7-8-17(25)21-19-10-11-9-12(22(26)27)5-6-15(11)23/h1-6,9-10,23H,7-8H2,(H,20,24)(H,21,25)/b19-10-. The Morgan fingerprint density at radius 1 is 1.19 bits per heavy atom. The van der Waals surface area contributed by atoms with Gasteiger partial charge >= 0.3 is 0 Å². The van der Waals surface area contributed by atoms with Crippen LogP contribution in [0.15, 0.2) is 52.0 Å². The molecule has 0 bridgehead atoms. The maximum atomic E-state index is 11.9. The average Bonchev–Trinajstić information content (AvgIpc) is 2.63. The van der Waals surface area contributed by atoms with E-state index in [0.29, 0.717) is 5.69 Å². The summed E-state index contributed by atoms with van der Waals surface area (Å²) < 4.78 is 0.726. The number of nitro groups is 1. The number of anilines is 1. The topological polar surface area (TPSA) is 134 Å². The van der Waals surface area contributed by atoms with E-state index in [-0.39, 0.29) is 35.7 Å². The second-order valence-corrected chi connectivity index (χ2v) is 6.18. The van der Waals surface area contributed by atoms with Gasteiger partial charge in [0.25, 0.3) is 5.69 Å². The van der Waals surface area contributed by atoms with Crippen LogP contribution in [0.2, 0.25) is 0 Å². The lowest BCUT2D eigenvalue weighted by Crippen LogP contribution is -2.20. The molecule has 0 saturated heterocycles. The highest BCUT2D eigenvalue weighted by Crippen LogP contribution is 2.22. The molecule has 0 radical (unpaired) electrons. The lowest BCUT2D eigenvalue weighted by atomic mass is 10.2. The van der Waals surface area contributed by atoms with Crippen molar-refractivity contribution < 1.29 is 19.6 Å². The fraction of sp³-hybridized carbons (Fsp3) is 0.118. The van der Waals surface area contributed by atoms with Gasteiger partial charge in [0.15, 0.2) is 0 Å². The van der Waals surface area contributed by atoms with Crippen molar-refractivity contribution in [3.8, 4) is 5.75 Å². The number of non-ortho nitro benzene ring substituents is 1. The summed E-state index contributed by atoms with van der Waals surface area (Å²) in [5.41, 5.74) is 2.66. The van der Waals surface area contributed by atoms with Gasteiger partial charge in [0.05, 0.1) is 16.8 Å². The third-order valence-corrected chi connectivity index (χ3v) is 4.03. The zero-order chi connectivity index (χ0) is 19.8. The van der Waals surface area contributed by atoms with Gasteiger partial charge < -0.3 is 10.4 Å². The largest absolute Gasteiger partial charge is 0.507 e. The van der Waals surface area contributed by atoms with Gasteiger partial charge in [0.1, 0.15) is 5.75 Å². The number of aromatic hydroxyl groups is 1. The number of phenols is 1. The van der Waals surface area contributed by atoms with Crippen molar-refractivity contribution in [3.63, 3.8) is 0 Å². The molecule has 0 atom stereocenters. The smallest absolute Gasteiger partial charge is 0.270 e. The van der Waals surface area contributed by atoms with E-state index in [0.717, 1.165) is 28.9 Å². The Morgan fingerprint density at radius 3 is 2.59 bits per heavy atom. The van der Waals surface area contributed by atoms with Gasteiger partial charge in [-0.3, -0.25) is 19.7 Å². The zero-order valence-corrected chi connectivity index (χ0v) is 15.5. The first-order chi connectivity index (χ1) is 12.9. The first-order valence-electron chi connectivity index (χ1n) is 7.70. The van der Waals surface area contributed by atoms with Crippen molar-refractivity contribution in [1.82, 2.24) is 5.43 Å². The Balaban J connectivity index is 1.83. The van der Waals surface area contributed by atoms with Crippen LogP contribution in [0, 0.1) is 10.1 Å². The van der Waals surface area contributed by atoms with Crippen molar-refractivity contribution in [3.05, 3.63) is 62.6 Å². The normalized spacial score (nSPS) is 10.6. The van der Waals surface area contributed by atoms with Crippen molar-refractivity contribution >= 4 is 45.3 Å².